The Morgan fingerprint density at radius 1 is 0.952 bits per heavy atom. The Balaban J connectivity index is 1.67. The van der Waals surface area contributed by atoms with E-state index in [1.807, 2.05) is 0 Å². The van der Waals surface area contributed by atoms with Crippen LogP contribution in [0.1, 0.15) is 65.7 Å². The molecule has 4 atom stereocenters. The van der Waals surface area contributed by atoms with E-state index in [0.717, 1.165) is 35.8 Å². The lowest BCUT2D eigenvalue weighted by atomic mass is 9.75. The van der Waals surface area contributed by atoms with Crippen LogP contribution < -0.4 is 5.32 Å². The van der Waals surface area contributed by atoms with Gasteiger partial charge in [-0.05, 0) is 75.2 Å². The second-order valence-corrected chi connectivity index (χ2v) is 8.45. The van der Waals surface area contributed by atoms with Gasteiger partial charge in [0.05, 0.1) is 0 Å². The van der Waals surface area contributed by atoms with E-state index in [4.69, 9.17) is 0 Å². The summed E-state index contributed by atoms with van der Waals surface area (Å²) < 4.78 is 0. The van der Waals surface area contributed by atoms with Crippen LogP contribution in [0.25, 0.3) is 0 Å². The van der Waals surface area contributed by atoms with E-state index < -0.39 is 0 Å². The van der Waals surface area contributed by atoms with Gasteiger partial charge in [0.25, 0.3) is 0 Å². The van der Waals surface area contributed by atoms with Crippen molar-refractivity contribution in [3.8, 4) is 0 Å². The second kappa shape index (κ2) is 7.00. The van der Waals surface area contributed by atoms with Gasteiger partial charge in [-0.3, -0.25) is 4.90 Å². The summed E-state index contributed by atoms with van der Waals surface area (Å²) in [6, 6.07) is 1.54. The maximum Gasteiger partial charge on any atom is 0.0275 e. The lowest BCUT2D eigenvalue weighted by Gasteiger charge is -2.46. The molecule has 4 unspecified atom stereocenters. The van der Waals surface area contributed by atoms with Gasteiger partial charge in [-0.2, -0.15) is 0 Å². The first-order chi connectivity index (χ1) is 10.2. The molecular weight excluding hydrogens is 256 g/mol. The van der Waals surface area contributed by atoms with Crippen molar-refractivity contribution < 1.29 is 0 Å². The molecule has 1 N–H and O–H groups in total. The molecule has 0 amide bonds. The number of hydrogen-bond acceptors (Lipinski definition) is 2. The molecule has 0 aromatic heterocycles. The first kappa shape index (κ1) is 15.8. The van der Waals surface area contributed by atoms with Crippen molar-refractivity contribution in [1.82, 2.24) is 10.2 Å². The van der Waals surface area contributed by atoms with Crippen molar-refractivity contribution in [3.63, 3.8) is 0 Å². The highest BCUT2D eigenvalue weighted by Gasteiger charge is 2.40. The fraction of sp³-hybridized carbons (Fsp3) is 1.00. The third-order valence-electron chi connectivity index (χ3n) is 5.88. The molecule has 3 aliphatic rings. The molecule has 0 saturated heterocycles. The molecule has 3 aliphatic carbocycles. The summed E-state index contributed by atoms with van der Waals surface area (Å²) in [5, 5.41) is 3.91. The predicted octanol–water partition coefficient (Wildman–Crippen LogP) is 3.91. The fourth-order valence-corrected chi connectivity index (χ4v) is 4.57. The Kier molecular flexibility index (Phi) is 5.27. The Labute approximate surface area is 132 Å². The summed E-state index contributed by atoms with van der Waals surface area (Å²) in [6.07, 6.45) is 10.0. The van der Waals surface area contributed by atoms with Gasteiger partial charge in [-0.1, -0.05) is 20.8 Å². The van der Waals surface area contributed by atoms with Crippen LogP contribution in [0, 0.1) is 23.7 Å². The molecule has 21 heavy (non-hydrogen) atoms. The lowest BCUT2D eigenvalue weighted by molar-refractivity contribution is 0.0542. The number of hydrogen-bond donors (Lipinski definition) is 1. The third-order valence-corrected chi connectivity index (χ3v) is 5.88. The van der Waals surface area contributed by atoms with Gasteiger partial charge in [-0.25, -0.2) is 0 Å². The molecular formula is C19H36N2. The minimum Gasteiger partial charge on any atom is -0.312 e. The van der Waals surface area contributed by atoms with Gasteiger partial charge in [0.15, 0.2) is 0 Å². The first-order valence-corrected chi connectivity index (χ1v) is 9.64. The van der Waals surface area contributed by atoms with Gasteiger partial charge < -0.3 is 5.32 Å². The minimum absolute atomic E-state index is 0.737. The Morgan fingerprint density at radius 3 is 2.10 bits per heavy atom. The van der Waals surface area contributed by atoms with E-state index in [2.05, 4.69) is 31.0 Å². The van der Waals surface area contributed by atoms with Crippen LogP contribution >= 0.6 is 0 Å². The molecule has 0 aliphatic heterocycles. The average Bonchev–Trinajstić information content (AvgIpc) is 3.31. The zero-order valence-electron chi connectivity index (χ0n) is 14.5. The van der Waals surface area contributed by atoms with E-state index in [1.165, 1.54) is 64.6 Å². The summed E-state index contributed by atoms with van der Waals surface area (Å²) in [7, 11) is 0. The summed E-state index contributed by atoms with van der Waals surface area (Å²) in [4.78, 5) is 2.93. The van der Waals surface area contributed by atoms with Crippen LogP contribution in [0.3, 0.4) is 0 Å². The zero-order valence-corrected chi connectivity index (χ0v) is 14.5. The molecule has 2 heteroatoms. The highest BCUT2D eigenvalue weighted by Crippen LogP contribution is 2.39. The van der Waals surface area contributed by atoms with Crippen molar-refractivity contribution in [3.05, 3.63) is 0 Å². The molecule has 0 radical (unpaired) electrons. The zero-order chi connectivity index (χ0) is 14.8. The van der Waals surface area contributed by atoms with Crippen LogP contribution in [0.15, 0.2) is 0 Å². The minimum atomic E-state index is 0.737. The predicted molar refractivity (Wildman–Crippen MR) is 90.5 cm³/mol. The molecule has 0 aromatic rings. The Bertz CT molecular complexity index is 308. The van der Waals surface area contributed by atoms with Crippen LogP contribution in [0.2, 0.25) is 0 Å². The monoisotopic (exact) mass is 292 g/mol. The maximum absolute atomic E-state index is 3.91. The quantitative estimate of drug-likeness (QED) is 0.729. The maximum atomic E-state index is 3.91. The fourth-order valence-electron chi connectivity index (χ4n) is 4.57. The van der Waals surface area contributed by atoms with Crippen molar-refractivity contribution >= 4 is 0 Å². The topological polar surface area (TPSA) is 15.3 Å². The van der Waals surface area contributed by atoms with Crippen LogP contribution in [-0.4, -0.2) is 36.6 Å². The van der Waals surface area contributed by atoms with Gasteiger partial charge in [-0.15, -0.1) is 0 Å². The van der Waals surface area contributed by atoms with Crippen molar-refractivity contribution in [1.29, 1.82) is 0 Å². The Morgan fingerprint density at radius 2 is 1.57 bits per heavy atom. The van der Waals surface area contributed by atoms with Crippen LogP contribution in [0.5, 0.6) is 0 Å². The smallest absolute Gasteiger partial charge is 0.0275 e. The third kappa shape index (κ3) is 4.45. The van der Waals surface area contributed by atoms with Crippen molar-refractivity contribution in [2.45, 2.75) is 77.8 Å². The number of nitrogens with one attached hydrogen (secondary N) is 1. The number of nitrogens with zero attached hydrogens (tertiary/aromatic N) is 1. The first-order valence-electron chi connectivity index (χ1n) is 9.64. The molecule has 0 bridgehead atoms. The summed E-state index contributed by atoms with van der Waals surface area (Å²) in [5.41, 5.74) is 0. The molecule has 3 saturated carbocycles. The molecule has 2 nitrogen and oxygen atoms in total. The molecule has 3 rings (SSSR count). The van der Waals surface area contributed by atoms with Crippen molar-refractivity contribution in [2.24, 2.45) is 23.7 Å². The standard InChI is InChI=1S/C19H36N2/c1-4-9-20-18-11-14(2)10-15(3)19(18)21(12-16-5-6-16)13-17-7-8-17/h14-20H,4-13H2,1-3H3. The van der Waals surface area contributed by atoms with Gasteiger partial charge in [0, 0.05) is 25.2 Å². The molecule has 3 fully saturated rings. The Hall–Kier alpha value is -0.0800. The SMILES string of the molecule is CCCNC1CC(C)CC(C)C1N(CC1CC1)CC1CC1. The number of rotatable bonds is 8. The summed E-state index contributed by atoms with van der Waals surface area (Å²) in [5.74, 6) is 3.82. The largest absolute Gasteiger partial charge is 0.312 e. The van der Waals surface area contributed by atoms with E-state index in [0.29, 0.717) is 0 Å². The van der Waals surface area contributed by atoms with Gasteiger partial charge in [0.2, 0.25) is 0 Å². The highest BCUT2D eigenvalue weighted by atomic mass is 15.2. The highest BCUT2D eigenvalue weighted by molar-refractivity contribution is 4.97. The normalized spacial score (nSPS) is 37.1. The van der Waals surface area contributed by atoms with Crippen LogP contribution in [-0.2, 0) is 0 Å². The van der Waals surface area contributed by atoms with E-state index in [1.54, 1.807) is 0 Å². The lowest BCUT2D eigenvalue weighted by Crippen LogP contribution is -2.57. The van der Waals surface area contributed by atoms with E-state index >= 15 is 0 Å². The van der Waals surface area contributed by atoms with Crippen molar-refractivity contribution in [2.75, 3.05) is 19.6 Å². The summed E-state index contributed by atoms with van der Waals surface area (Å²) in [6.45, 7) is 11.3. The second-order valence-electron chi connectivity index (χ2n) is 8.45. The molecule has 0 aromatic carbocycles. The molecule has 0 heterocycles. The van der Waals surface area contributed by atoms with Gasteiger partial charge >= 0.3 is 0 Å². The van der Waals surface area contributed by atoms with Crippen LogP contribution in [0.4, 0.5) is 0 Å². The van der Waals surface area contributed by atoms with E-state index in [9.17, 15) is 0 Å². The van der Waals surface area contributed by atoms with E-state index in [-0.39, 0.29) is 0 Å². The average molecular weight is 293 g/mol. The van der Waals surface area contributed by atoms with Gasteiger partial charge in [0.1, 0.15) is 0 Å². The molecule has 122 valence electrons. The molecule has 0 spiro atoms. The summed E-state index contributed by atoms with van der Waals surface area (Å²) >= 11 is 0.